The number of ketones is 1. The molecule has 1 fully saturated rings. The molecule has 1 aromatic heterocycles. The van der Waals surface area contributed by atoms with Crippen LogP contribution < -0.4 is 10.2 Å². The lowest BCUT2D eigenvalue weighted by Gasteiger charge is -2.32. The fourth-order valence-electron chi connectivity index (χ4n) is 4.29. The van der Waals surface area contributed by atoms with Crippen molar-refractivity contribution in [2.75, 3.05) is 29.9 Å². The van der Waals surface area contributed by atoms with Gasteiger partial charge in [-0.2, -0.15) is 0 Å². The van der Waals surface area contributed by atoms with E-state index in [0.29, 0.717) is 12.2 Å². The third-order valence-electron chi connectivity index (χ3n) is 6.15. The molecule has 0 atom stereocenters. The van der Waals surface area contributed by atoms with E-state index >= 15 is 0 Å². The Kier molecular flexibility index (Phi) is 5.89. The molecule has 0 unspecified atom stereocenters. The third kappa shape index (κ3) is 4.34. The first-order chi connectivity index (χ1) is 13.7. The second-order valence-corrected chi connectivity index (χ2v) is 8.04. The number of rotatable bonds is 7. The van der Waals surface area contributed by atoms with Crippen LogP contribution in [-0.4, -0.2) is 35.4 Å². The van der Waals surface area contributed by atoms with E-state index in [-0.39, 0.29) is 0 Å². The monoisotopic (exact) mass is 378 g/mol. The van der Waals surface area contributed by atoms with E-state index in [9.17, 15) is 4.79 Å². The summed E-state index contributed by atoms with van der Waals surface area (Å²) in [5.41, 5.74) is 4.40. The van der Waals surface area contributed by atoms with Crippen molar-refractivity contribution >= 4 is 17.4 Å². The smallest absolute Gasteiger partial charge is 0.225 e. The average molecular weight is 379 g/mol. The van der Waals surface area contributed by atoms with Crippen LogP contribution in [0.4, 0.5) is 11.6 Å². The van der Waals surface area contributed by atoms with Crippen LogP contribution in [0, 0.1) is 5.92 Å². The van der Waals surface area contributed by atoms with E-state index in [1.54, 1.807) is 0 Å². The number of carbonyl (C=O) groups excluding carboxylic acids is 1. The zero-order valence-corrected chi connectivity index (χ0v) is 16.8. The number of Topliss-reactive ketones (excluding diaryl/α,β-unsaturated/α-hetero) is 1. The lowest BCUT2D eigenvalue weighted by Crippen LogP contribution is -2.35. The van der Waals surface area contributed by atoms with Crippen LogP contribution in [0.15, 0.2) is 30.6 Å². The van der Waals surface area contributed by atoms with Crippen molar-refractivity contribution in [1.82, 2.24) is 9.97 Å². The predicted molar refractivity (Wildman–Crippen MR) is 113 cm³/mol. The number of carbonyl (C=O) groups is 1. The van der Waals surface area contributed by atoms with Crippen molar-refractivity contribution in [3.63, 3.8) is 0 Å². The Morgan fingerprint density at radius 2 is 1.93 bits per heavy atom. The number of anilines is 2. The van der Waals surface area contributed by atoms with Gasteiger partial charge in [-0.3, -0.25) is 4.79 Å². The molecule has 1 saturated heterocycles. The molecule has 5 heteroatoms. The summed E-state index contributed by atoms with van der Waals surface area (Å²) in [6, 6.07) is 6.25. The highest BCUT2D eigenvalue weighted by Gasteiger charge is 2.21. The fraction of sp³-hybridized carbons (Fsp3) is 0.522. The van der Waals surface area contributed by atoms with Crippen LogP contribution in [-0.2, 0) is 12.8 Å². The van der Waals surface area contributed by atoms with Gasteiger partial charge in [0.2, 0.25) is 5.95 Å². The molecule has 0 radical (unpaired) electrons. The summed E-state index contributed by atoms with van der Waals surface area (Å²) in [6.45, 7) is 5.20. The average Bonchev–Trinajstić information content (AvgIpc) is 3.12. The molecule has 0 amide bonds. The first-order valence-corrected chi connectivity index (χ1v) is 10.7. The quantitative estimate of drug-likeness (QED) is 0.729. The zero-order chi connectivity index (χ0) is 19.3. The maximum Gasteiger partial charge on any atom is 0.225 e. The Hall–Kier alpha value is -2.43. The van der Waals surface area contributed by atoms with Crippen LogP contribution >= 0.6 is 0 Å². The fourth-order valence-corrected chi connectivity index (χ4v) is 4.29. The molecule has 1 N–H and O–H groups in total. The summed E-state index contributed by atoms with van der Waals surface area (Å²) < 4.78 is 0. The van der Waals surface area contributed by atoms with Gasteiger partial charge in [-0.25, -0.2) is 9.97 Å². The van der Waals surface area contributed by atoms with E-state index in [2.05, 4.69) is 39.2 Å². The Labute approximate surface area is 167 Å². The van der Waals surface area contributed by atoms with Crippen LogP contribution in [0.5, 0.6) is 0 Å². The number of hydrogen-bond donors (Lipinski definition) is 1. The minimum Gasteiger partial charge on any atom is -0.385 e. The molecule has 4 rings (SSSR count). The Morgan fingerprint density at radius 3 is 2.68 bits per heavy atom. The van der Waals surface area contributed by atoms with Gasteiger partial charge in [-0.05, 0) is 67.7 Å². The highest BCUT2D eigenvalue weighted by Crippen LogP contribution is 2.26. The van der Waals surface area contributed by atoms with Crippen molar-refractivity contribution in [2.45, 2.75) is 51.9 Å². The van der Waals surface area contributed by atoms with Gasteiger partial charge in [0.25, 0.3) is 0 Å². The molecule has 5 nitrogen and oxygen atoms in total. The second kappa shape index (κ2) is 8.72. The summed E-state index contributed by atoms with van der Waals surface area (Å²) >= 11 is 0. The molecule has 2 aromatic rings. The number of nitrogens with zero attached hydrogens (tertiary/aromatic N) is 3. The maximum absolute atomic E-state index is 11.9. The maximum atomic E-state index is 11.9. The van der Waals surface area contributed by atoms with E-state index in [4.69, 9.17) is 0 Å². The van der Waals surface area contributed by atoms with Gasteiger partial charge in [-0.15, -0.1) is 0 Å². The standard InChI is InChI=1S/C23H30N4O/c1-2-17-15-25-23(26-16-17)27-12-9-18(10-13-27)4-3-11-24-20-7-5-19-6-8-22(28)21(19)14-20/h5,7,14-16,18,24H,2-4,6,8-13H2,1H3. The van der Waals surface area contributed by atoms with E-state index < -0.39 is 0 Å². The molecule has 0 bridgehead atoms. The summed E-state index contributed by atoms with van der Waals surface area (Å²) in [5.74, 6) is 1.96. The van der Waals surface area contributed by atoms with Crippen LogP contribution in [0.2, 0.25) is 0 Å². The summed E-state index contributed by atoms with van der Waals surface area (Å²) in [7, 11) is 0. The SMILES string of the molecule is CCc1cnc(N2CCC(CCCNc3ccc4c(c3)C(=O)CC4)CC2)nc1. The molecule has 1 aromatic carbocycles. The third-order valence-corrected chi connectivity index (χ3v) is 6.15. The number of nitrogens with one attached hydrogen (secondary N) is 1. The molecular formula is C23H30N4O. The number of hydrogen-bond acceptors (Lipinski definition) is 5. The van der Waals surface area contributed by atoms with Crippen molar-refractivity contribution in [3.8, 4) is 0 Å². The largest absolute Gasteiger partial charge is 0.385 e. The van der Waals surface area contributed by atoms with Gasteiger partial charge >= 0.3 is 0 Å². The summed E-state index contributed by atoms with van der Waals surface area (Å²) in [4.78, 5) is 23.2. The molecule has 0 saturated carbocycles. The van der Waals surface area contributed by atoms with Gasteiger partial charge in [-0.1, -0.05) is 13.0 Å². The van der Waals surface area contributed by atoms with Crippen molar-refractivity contribution in [3.05, 3.63) is 47.3 Å². The molecular weight excluding hydrogens is 348 g/mol. The summed E-state index contributed by atoms with van der Waals surface area (Å²) in [6.07, 6.45) is 11.3. The van der Waals surface area contributed by atoms with Crippen LogP contribution in [0.3, 0.4) is 0 Å². The first kappa shape index (κ1) is 18.9. The molecule has 2 aliphatic rings. The summed E-state index contributed by atoms with van der Waals surface area (Å²) in [5, 5.41) is 3.50. The predicted octanol–water partition coefficient (Wildman–Crippen LogP) is 4.28. The van der Waals surface area contributed by atoms with Gasteiger partial charge in [0.15, 0.2) is 5.78 Å². The van der Waals surface area contributed by atoms with Crippen molar-refractivity contribution < 1.29 is 4.79 Å². The minimum absolute atomic E-state index is 0.290. The first-order valence-electron chi connectivity index (χ1n) is 10.7. The number of aryl methyl sites for hydroxylation is 2. The molecule has 1 aliphatic carbocycles. The molecule has 2 heterocycles. The number of benzene rings is 1. The molecule has 148 valence electrons. The van der Waals surface area contributed by atoms with Gasteiger partial charge < -0.3 is 10.2 Å². The van der Waals surface area contributed by atoms with Gasteiger partial charge in [0.05, 0.1) is 0 Å². The Bertz CT molecular complexity index is 810. The topological polar surface area (TPSA) is 58.1 Å². The van der Waals surface area contributed by atoms with Crippen LogP contribution in [0.25, 0.3) is 0 Å². The Balaban J connectivity index is 1.18. The van der Waals surface area contributed by atoms with Gasteiger partial charge in [0.1, 0.15) is 0 Å². The highest BCUT2D eigenvalue weighted by atomic mass is 16.1. The lowest BCUT2D eigenvalue weighted by atomic mass is 9.92. The molecule has 28 heavy (non-hydrogen) atoms. The molecule has 0 spiro atoms. The van der Waals surface area contributed by atoms with Crippen molar-refractivity contribution in [1.29, 1.82) is 0 Å². The lowest BCUT2D eigenvalue weighted by molar-refractivity contribution is 0.0994. The van der Waals surface area contributed by atoms with E-state index in [1.165, 1.54) is 30.4 Å². The van der Waals surface area contributed by atoms with Gasteiger partial charge in [0, 0.05) is 49.7 Å². The number of fused-ring (bicyclic) bond motifs is 1. The number of aromatic nitrogens is 2. The van der Waals surface area contributed by atoms with Crippen LogP contribution in [0.1, 0.15) is 60.5 Å². The highest BCUT2D eigenvalue weighted by molar-refractivity contribution is 6.01. The second-order valence-electron chi connectivity index (χ2n) is 8.04. The Morgan fingerprint density at radius 1 is 1.14 bits per heavy atom. The van der Waals surface area contributed by atoms with E-state index in [0.717, 1.165) is 62.0 Å². The number of piperidine rings is 1. The minimum atomic E-state index is 0.290. The zero-order valence-electron chi connectivity index (χ0n) is 16.8. The molecule has 1 aliphatic heterocycles. The normalized spacial score (nSPS) is 17.0. The van der Waals surface area contributed by atoms with Crippen molar-refractivity contribution in [2.24, 2.45) is 5.92 Å². The van der Waals surface area contributed by atoms with E-state index in [1.807, 2.05) is 18.5 Å².